The van der Waals surface area contributed by atoms with Crippen molar-refractivity contribution in [3.8, 4) is 0 Å². The summed E-state index contributed by atoms with van der Waals surface area (Å²) in [6, 6.07) is 0. The Kier molecular flexibility index (Phi) is 12.1. The van der Waals surface area contributed by atoms with E-state index in [9.17, 15) is 4.79 Å². The van der Waals surface area contributed by atoms with Gasteiger partial charge in [0.05, 0.1) is 17.2 Å². The van der Waals surface area contributed by atoms with Gasteiger partial charge in [0.15, 0.2) is 5.96 Å². The summed E-state index contributed by atoms with van der Waals surface area (Å²) in [7, 11) is 2.05. The van der Waals surface area contributed by atoms with Crippen LogP contribution >= 0.6 is 35.3 Å². The molecule has 10 heteroatoms. The molecule has 31 heavy (non-hydrogen) atoms. The van der Waals surface area contributed by atoms with Gasteiger partial charge in [0.1, 0.15) is 5.60 Å². The third kappa shape index (κ3) is 10.3. The molecule has 2 rings (SSSR count). The lowest BCUT2D eigenvalue weighted by atomic mass is 10.2. The van der Waals surface area contributed by atoms with Crippen LogP contribution < -0.4 is 5.32 Å². The summed E-state index contributed by atoms with van der Waals surface area (Å²) in [6.45, 7) is 16.4. The fourth-order valence-electron chi connectivity index (χ4n) is 3.23. The highest BCUT2D eigenvalue weighted by molar-refractivity contribution is 14.0. The molecule has 0 radical (unpaired) electrons. The van der Waals surface area contributed by atoms with Crippen LogP contribution in [0.5, 0.6) is 0 Å². The van der Waals surface area contributed by atoms with E-state index in [-0.39, 0.29) is 30.1 Å². The molecule has 1 amide bonds. The molecule has 178 valence electrons. The zero-order valence-electron chi connectivity index (χ0n) is 19.8. The van der Waals surface area contributed by atoms with Crippen LogP contribution in [0.2, 0.25) is 0 Å². The number of aliphatic imine (C=N–C) groups is 1. The molecule has 0 bridgehead atoms. The van der Waals surface area contributed by atoms with Crippen LogP contribution in [0.15, 0.2) is 10.4 Å². The Bertz CT molecular complexity index is 698. The van der Waals surface area contributed by atoms with Crippen molar-refractivity contribution < 1.29 is 9.53 Å². The van der Waals surface area contributed by atoms with Crippen LogP contribution in [0.25, 0.3) is 0 Å². The van der Waals surface area contributed by atoms with Gasteiger partial charge in [-0.3, -0.25) is 9.89 Å². The van der Waals surface area contributed by atoms with Gasteiger partial charge < -0.3 is 19.9 Å². The maximum absolute atomic E-state index is 12.2. The predicted molar refractivity (Wildman–Crippen MR) is 139 cm³/mol. The van der Waals surface area contributed by atoms with Crippen molar-refractivity contribution in [3.05, 3.63) is 16.1 Å². The Morgan fingerprint density at radius 3 is 2.55 bits per heavy atom. The van der Waals surface area contributed by atoms with E-state index in [1.807, 2.05) is 34.7 Å². The van der Waals surface area contributed by atoms with Crippen molar-refractivity contribution in [2.75, 3.05) is 52.9 Å². The second-order valence-electron chi connectivity index (χ2n) is 8.61. The molecule has 2 heterocycles. The number of aryl methyl sites for hydroxylation is 1. The average molecular weight is 567 g/mol. The van der Waals surface area contributed by atoms with E-state index in [0.717, 1.165) is 75.4 Å². The van der Waals surface area contributed by atoms with Gasteiger partial charge >= 0.3 is 6.09 Å². The van der Waals surface area contributed by atoms with Crippen LogP contribution in [0, 0.1) is 6.92 Å². The van der Waals surface area contributed by atoms with E-state index in [1.165, 1.54) is 0 Å². The number of hydrogen-bond donors (Lipinski definition) is 1. The van der Waals surface area contributed by atoms with Gasteiger partial charge in [-0.05, 0) is 41.0 Å². The van der Waals surface area contributed by atoms with E-state index < -0.39 is 5.60 Å². The zero-order valence-corrected chi connectivity index (χ0v) is 23.0. The number of nitrogens with zero attached hydrogens (tertiary/aromatic N) is 5. The summed E-state index contributed by atoms with van der Waals surface area (Å²) < 4.78 is 5.46. The van der Waals surface area contributed by atoms with Crippen LogP contribution in [0.1, 0.15) is 44.8 Å². The van der Waals surface area contributed by atoms with Crippen molar-refractivity contribution >= 4 is 47.4 Å². The Hall–Kier alpha value is -1.14. The molecule has 1 aromatic rings. The fraction of sp³-hybridized carbons (Fsp3) is 0.762. The van der Waals surface area contributed by atoms with Crippen LogP contribution in [-0.2, 0) is 11.3 Å². The number of thiazole rings is 1. The van der Waals surface area contributed by atoms with E-state index in [4.69, 9.17) is 9.73 Å². The number of piperazine rings is 1. The van der Waals surface area contributed by atoms with Gasteiger partial charge in [-0.25, -0.2) is 9.78 Å². The van der Waals surface area contributed by atoms with Crippen LogP contribution in [0.3, 0.4) is 0 Å². The molecule has 1 aliphatic rings. The predicted octanol–water partition coefficient (Wildman–Crippen LogP) is 3.41. The van der Waals surface area contributed by atoms with E-state index in [2.05, 4.69) is 32.4 Å². The minimum absolute atomic E-state index is 0. The largest absolute Gasteiger partial charge is 0.444 e. The summed E-state index contributed by atoms with van der Waals surface area (Å²) in [5.74, 6) is 0.915. The molecule has 1 aromatic heterocycles. The first-order chi connectivity index (χ1) is 14.2. The Balaban J connectivity index is 0.00000480. The molecule has 1 saturated heterocycles. The molecule has 1 aliphatic heterocycles. The standard InChI is InChI=1S/C21H38N6O2S.HI/c1-7-22-19(25(6)15-18-16-30-17(2)24-18)23-9-8-10-26-11-13-27(14-12-26)20(28)29-21(3,4)5;/h16H,7-15H2,1-6H3,(H,22,23);1H. The lowest BCUT2D eigenvalue weighted by Crippen LogP contribution is -2.50. The SMILES string of the molecule is CCNC(=NCCCN1CCN(C(=O)OC(C)(C)C)CC1)N(C)Cc1csc(C)n1.I. The monoisotopic (exact) mass is 566 g/mol. The topological polar surface area (TPSA) is 73.3 Å². The van der Waals surface area contributed by atoms with Gasteiger partial charge in [-0.2, -0.15) is 0 Å². The van der Waals surface area contributed by atoms with Gasteiger partial charge in [0.25, 0.3) is 0 Å². The molecule has 1 fully saturated rings. The molecular weight excluding hydrogens is 527 g/mol. The quantitative estimate of drug-likeness (QED) is 0.236. The van der Waals surface area contributed by atoms with Crippen molar-refractivity contribution in [3.63, 3.8) is 0 Å². The molecule has 0 aliphatic carbocycles. The maximum atomic E-state index is 12.2. The van der Waals surface area contributed by atoms with Gasteiger partial charge in [0, 0.05) is 58.2 Å². The molecule has 0 spiro atoms. The molecule has 0 saturated carbocycles. The third-order valence-corrected chi connectivity index (χ3v) is 5.50. The first-order valence-electron chi connectivity index (χ1n) is 10.8. The lowest BCUT2D eigenvalue weighted by molar-refractivity contribution is 0.0145. The van der Waals surface area contributed by atoms with Gasteiger partial charge in [0.2, 0.25) is 0 Å². The number of carbonyl (C=O) groups is 1. The number of halogens is 1. The number of amides is 1. The molecule has 0 aromatic carbocycles. The van der Waals surface area contributed by atoms with E-state index in [1.54, 1.807) is 16.2 Å². The highest BCUT2D eigenvalue weighted by atomic mass is 127. The molecule has 8 nitrogen and oxygen atoms in total. The van der Waals surface area contributed by atoms with Crippen molar-refractivity contribution in [1.82, 2.24) is 25.0 Å². The molecule has 0 unspecified atom stereocenters. The summed E-state index contributed by atoms with van der Waals surface area (Å²) >= 11 is 1.68. The maximum Gasteiger partial charge on any atom is 0.410 e. The number of nitrogens with one attached hydrogen (secondary N) is 1. The molecule has 1 N–H and O–H groups in total. The number of guanidine groups is 1. The fourth-order valence-corrected chi connectivity index (χ4v) is 3.83. The average Bonchev–Trinajstić information content (AvgIpc) is 3.08. The minimum Gasteiger partial charge on any atom is -0.444 e. The zero-order chi connectivity index (χ0) is 22.1. The molecule has 0 atom stereocenters. The highest BCUT2D eigenvalue weighted by Crippen LogP contribution is 2.12. The van der Waals surface area contributed by atoms with Crippen molar-refractivity contribution in [2.45, 2.75) is 53.2 Å². The van der Waals surface area contributed by atoms with Crippen LogP contribution in [0.4, 0.5) is 4.79 Å². The van der Waals surface area contributed by atoms with Gasteiger partial charge in [-0.1, -0.05) is 0 Å². The minimum atomic E-state index is -0.443. The normalized spacial score (nSPS) is 15.4. The first kappa shape index (κ1) is 27.9. The second kappa shape index (κ2) is 13.4. The number of carbonyl (C=O) groups excluding carboxylic acids is 1. The van der Waals surface area contributed by atoms with Crippen molar-refractivity contribution in [2.24, 2.45) is 4.99 Å². The Labute approximate surface area is 208 Å². The first-order valence-corrected chi connectivity index (χ1v) is 11.7. The summed E-state index contributed by atoms with van der Waals surface area (Å²) in [5.41, 5.74) is 0.635. The summed E-state index contributed by atoms with van der Waals surface area (Å²) in [6.07, 6.45) is 0.783. The van der Waals surface area contributed by atoms with E-state index in [0.29, 0.717) is 0 Å². The van der Waals surface area contributed by atoms with Gasteiger partial charge in [-0.15, -0.1) is 35.3 Å². The number of rotatable bonds is 7. The summed E-state index contributed by atoms with van der Waals surface area (Å²) in [4.78, 5) is 27.8. The number of ether oxygens (including phenoxy) is 1. The Morgan fingerprint density at radius 2 is 2.00 bits per heavy atom. The molecular formula is C21H39IN6O2S. The third-order valence-electron chi connectivity index (χ3n) is 4.68. The number of hydrogen-bond acceptors (Lipinski definition) is 6. The Morgan fingerprint density at radius 1 is 1.32 bits per heavy atom. The van der Waals surface area contributed by atoms with Crippen molar-refractivity contribution in [1.29, 1.82) is 0 Å². The second-order valence-corrected chi connectivity index (χ2v) is 9.67. The number of aromatic nitrogens is 1. The smallest absolute Gasteiger partial charge is 0.410 e. The highest BCUT2D eigenvalue weighted by Gasteiger charge is 2.25. The summed E-state index contributed by atoms with van der Waals surface area (Å²) in [5, 5.41) is 6.56. The lowest BCUT2D eigenvalue weighted by Gasteiger charge is -2.35. The van der Waals surface area contributed by atoms with Crippen LogP contribution in [-0.4, -0.2) is 90.2 Å². The van der Waals surface area contributed by atoms with E-state index >= 15 is 0 Å².